The van der Waals surface area contributed by atoms with Crippen LogP contribution in [0.4, 0.5) is 4.79 Å². The van der Waals surface area contributed by atoms with Crippen LogP contribution in [0.1, 0.15) is 20.8 Å². The quantitative estimate of drug-likeness (QED) is 0.651. The lowest BCUT2D eigenvalue weighted by molar-refractivity contribution is -0.170. The van der Waals surface area contributed by atoms with Crippen LogP contribution in [0, 0.1) is 5.92 Å². The van der Waals surface area contributed by atoms with Crippen LogP contribution in [0.2, 0.25) is 0 Å². The molecule has 1 heterocycles. The zero-order valence-electron chi connectivity index (χ0n) is 9.03. The Morgan fingerprint density at radius 1 is 1.33 bits per heavy atom. The van der Waals surface area contributed by atoms with Crippen LogP contribution < -0.4 is 5.48 Å². The van der Waals surface area contributed by atoms with Crippen LogP contribution >= 0.6 is 0 Å². The Bertz CT molecular complexity index is 254. The second-order valence-corrected chi connectivity index (χ2v) is 4.26. The highest BCUT2D eigenvalue weighted by Crippen LogP contribution is 2.11. The molecule has 1 amide bonds. The van der Waals surface area contributed by atoms with Gasteiger partial charge in [0.15, 0.2) is 0 Å². The van der Waals surface area contributed by atoms with E-state index in [0.29, 0.717) is 13.2 Å². The molecule has 1 aliphatic heterocycles. The van der Waals surface area contributed by atoms with Crippen LogP contribution in [0.3, 0.4) is 0 Å². The molecule has 1 fully saturated rings. The van der Waals surface area contributed by atoms with E-state index in [0.717, 1.165) is 0 Å². The SMILES string of the molecule is CC(C)(C)OC(=O)NOC(=O)C1COC1. The molecule has 1 aliphatic rings. The molecule has 0 aromatic carbocycles. The van der Waals surface area contributed by atoms with Gasteiger partial charge in [-0.3, -0.25) is 0 Å². The van der Waals surface area contributed by atoms with Crippen LogP contribution in [0.15, 0.2) is 0 Å². The molecule has 15 heavy (non-hydrogen) atoms. The van der Waals surface area contributed by atoms with Crippen LogP contribution in [0.5, 0.6) is 0 Å². The van der Waals surface area contributed by atoms with E-state index in [4.69, 9.17) is 9.47 Å². The molecule has 0 aromatic rings. The Balaban J connectivity index is 2.18. The Morgan fingerprint density at radius 2 is 1.93 bits per heavy atom. The number of ether oxygens (including phenoxy) is 2. The molecular formula is C9H15NO5. The molecule has 0 aromatic heterocycles. The summed E-state index contributed by atoms with van der Waals surface area (Å²) in [6.45, 7) is 5.83. The number of amides is 1. The maximum atomic E-state index is 11.1. The Labute approximate surface area is 87.8 Å². The average molecular weight is 217 g/mol. The molecule has 86 valence electrons. The lowest BCUT2D eigenvalue weighted by atomic mass is 10.1. The van der Waals surface area contributed by atoms with Crippen molar-refractivity contribution < 1.29 is 23.9 Å². The van der Waals surface area contributed by atoms with Crippen molar-refractivity contribution in [2.24, 2.45) is 5.92 Å². The highest BCUT2D eigenvalue weighted by atomic mass is 16.7. The van der Waals surface area contributed by atoms with Gasteiger partial charge in [-0.05, 0) is 20.8 Å². The first-order valence-corrected chi connectivity index (χ1v) is 4.66. The van der Waals surface area contributed by atoms with Gasteiger partial charge in [0.25, 0.3) is 0 Å². The van der Waals surface area contributed by atoms with E-state index in [1.807, 2.05) is 5.48 Å². The Morgan fingerprint density at radius 3 is 2.33 bits per heavy atom. The maximum Gasteiger partial charge on any atom is 0.441 e. The number of hydrogen-bond acceptors (Lipinski definition) is 5. The zero-order chi connectivity index (χ0) is 11.5. The summed E-state index contributed by atoms with van der Waals surface area (Å²) in [6, 6.07) is 0. The van der Waals surface area contributed by atoms with Gasteiger partial charge in [0.05, 0.1) is 13.2 Å². The number of hydroxylamine groups is 1. The molecule has 0 radical (unpaired) electrons. The van der Waals surface area contributed by atoms with E-state index < -0.39 is 17.7 Å². The van der Waals surface area contributed by atoms with Gasteiger partial charge in [-0.15, -0.1) is 5.48 Å². The fraction of sp³-hybridized carbons (Fsp3) is 0.778. The highest BCUT2D eigenvalue weighted by molar-refractivity contribution is 5.75. The van der Waals surface area contributed by atoms with Crippen molar-refractivity contribution in [1.29, 1.82) is 0 Å². The zero-order valence-corrected chi connectivity index (χ0v) is 9.03. The molecule has 1 saturated heterocycles. The monoisotopic (exact) mass is 217 g/mol. The third-order valence-electron chi connectivity index (χ3n) is 1.61. The number of hydrogen-bond donors (Lipinski definition) is 1. The van der Waals surface area contributed by atoms with Gasteiger partial charge in [0.1, 0.15) is 11.5 Å². The molecule has 0 spiro atoms. The number of nitrogens with one attached hydrogen (secondary N) is 1. The van der Waals surface area contributed by atoms with Crippen molar-refractivity contribution in [3.8, 4) is 0 Å². The van der Waals surface area contributed by atoms with Gasteiger partial charge >= 0.3 is 12.1 Å². The molecule has 1 rings (SSSR count). The second kappa shape index (κ2) is 4.48. The minimum atomic E-state index is -0.781. The molecule has 1 N–H and O–H groups in total. The summed E-state index contributed by atoms with van der Waals surface area (Å²) >= 11 is 0. The smallest absolute Gasteiger partial charge is 0.441 e. The molecule has 0 saturated carbocycles. The summed E-state index contributed by atoms with van der Waals surface area (Å²) in [6.07, 6.45) is -0.781. The summed E-state index contributed by atoms with van der Waals surface area (Å²) in [5.41, 5.74) is 1.31. The largest absolute Gasteiger partial charge is 0.442 e. The molecule has 0 aliphatic carbocycles. The maximum absolute atomic E-state index is 11.1. The van der Waals surface area contributed by atoms with Gasteiger partial charge in [-0.2, -0.15) is 0 Å². The first-order chi connectivity index (χ1) is 6.88. The summed E-state index contributed by atoms with van der Waals surface area (Å²) in [5.74, 6) is -0.785. The summed E-state index contributed by atoms with van der Waals surface area (Å²) in [7, 11) is 0. The lowest BCUT2D eigenvalue weighted by Gasteiger charge is -2.24. The van der Waals surface area contributed by atoms with Gasteiger partial charge in [0.2, 0.25) is 0 Å². The second-order valence-electron chi connectivity index (χ2n) is 4.26. The molecule has 0 bridgehead atoms. The van der Waals surface area contributed by atoms with Crippen molar-refractivity contribution in [1.82, 2.24) is 5.48 Å². The van der Waals surface area contributed by atoms with Gasteiger partial charge in [-0.25, -0.2) is 9.59 Å². The lowest BCUT2D eigenvalue weighted by Crippen LogP contribution is -2.41. The van der Waals surface area contributed by atoms with Crippen LogP contribution in [-0.4, -0.2) is 30.9 Å². The Kier molecular flexibility index (Phi) is 3.52. The molecular weight excluding hydrogens is 202 g/mol. The van der Waals surface area contributed by atoms with E-state index in [2.05, 4.69) is 4.84 Å². The van der Waals surface area contributed by atoms with Gasteiger partial charge in [0, 0.05) is 0 Å². The predicted molar refractivity (Wildman–Crippen MR) is 49.8 cm³/mol. The molecule has 0 unspecified atom stereocenters. The minimum absolute atomic E-state index is 0.278. The van der Waals surface area contributed by atoms with Gasteiger partial charge < -0.3 is 14.3 Å². The summed E-state index contributed by atoms with van der Waals surface area (Å²) in [4.78, 5) is 26.7. The third-order valence-corrected chi connectivity index (χ3v) is 1.61. The minimum Gasteiger partial charge on any atom is -0.442 e. The van der Waals surface area contributed by atoms with E-state index in [-0.39, 0.29) is 5.92 Å². The Hall–Kier alpha value is -1.30. The van der Waals surface area contributed by atoms with Crippen molar-refractivity contribution >= 4 is 12.1 Å². The van der Waals surface area contributed by atoms with E-state index in [1.54, 1.807) is 20.8 Å². The fourth-order valence-corrected chi connectivity index (χ4v) is 0.846. The van der Waals surface area contributed by atoms with Crippen LogP contribution in [-0.2, 0) is 19.1 Å². The van der Waals surface area contributed by atoms with Crippen LogP contribution in [0.25, 0.3) is 0 Å². The van der Waals surface area contributed by atoms with Crippen molar-refractivity contribution in [3.05, 3.63) is 0 Å². The molecule has 6 nitrogen and oxygen atoms in total. The number of carbonyl (C=O) groups excluding carboxylic acids is 2. The first-order valence-electron chi connectivity index (χ1n) is 4.66. The molecule has 6 heteroatoms. The molecule has 0 atom stereocenters. The number of carbonyl (C=O) groups is 2. The topological polar surface area (TPSA) is 73.9 Å². The van der Waals surface area contributed by atoms with E-state index in [1.165, 1.54) is 0 Å². The van der Waals surface area contributed by atoms with Gasteiger partial charge in [-0.1, -0.05) is 0 Å². The fourth-order valence-electron chi connectivity index (χ4n) is 0.846. The number of rotatable bonds is 1. The normalized spacial score (nSPS) is 16.5. The van der Waals surface area contributed by atoms with E-state index >= 15 is 0 Å². The highest BCUT2D eigenvalue weighted by Gasteiger charge is 2.29. The summed E-state index contributed by atoms with van der Waals surface area (Å²) in [5, 5.41) is 0. The predicted octanol–water partition coefficient (Wildman–Crippen LogP) is 0.616. The van der Waals surface area contributed by atoms with Crippen molar-refractivity contribution in [3.63, 3.8) is 0 Å². The average Bonchev–Trinajstić information content (AvgIpc) is 1.94. The first kappa shape index (κ1) is 11.8. The summed E-state index contributed by atoms with van der Waals surface area (Å²) < 4.78 is 9.66. The standard InChI is InChI=1S/C9H15NO5/c1-9(2,3)14-8(12)10-15-7(11)6-4-13-5-6/h6H,4-5H2,1-3H3,(H,10,12). The third kappa shape index (κ3) is 4.16. The van der Waals surface area contributed by atoms with E-state index in [9.17, 15) is 9.59 Å². The van der Waals surface area contributed by atoms with Crippen molar-refractivity contribution in [2.75, 3.05) is 13.2 Å². The van der Waals surface area contributed by atoms with Crippen molar-refractivity contribution in [2.45, 2.75) is 26.4 Å².